The maximum absolute atomic E-state index is 13.1. The van der Waals surface area contributed by atoms with Gasteiger partial charge in [-0.25, -0.2) is 0 Å². The van der Waals surface area contributed by atoms with Gasteiger partial charge in [-0.15, -0.1) is 11.3 Å². The number of fused-ring (bicyclic) bond motifs is 1. The summed E-state index contributed by atoms with van der Waals surface area (Å²) in [6, 6.07) is 16.8. The molecule has 3 heterocycles. The lowest BCUT2D eigenvalue weighted by Crippen LogP contribution is -2.41. The van der Waals surface area contributed by atoms with Gasteiger partial charge in [-0.3, -0.25) is 15.0 Å². The average Bonchev–Trinajstić information content (AvgIpc) is 3.44. The van der Waals surface area contributed by atoms with Crippen molar-refractivity contribution in [1.82, 2.24) is 9.80 Å². The van der Waals surface area contributed by atoms with E-state index in [4.69, 9.17) is 21.7 Å². The van der Waals surface area contributed by atoms with E-state index in [1.165, 1.54) is 11.3 Å². The molecular formula is C26H25ClN4O3S. The Morgan fingerprint density at radius 1 is 1.09 bits per heavy atom. The zero-order valence-electron chi connectivity index (χ0n) is 19.1. The van der Waals surface area contributed by atoms with Crippen LogP contribution in [0.3, 0.4) is 0 Å². The smallest absolute Gasteiger partial charge is 0.265 e. The summed E-state index contributed by atoms with van der Waals surface area (Å²) >= 11 is 7.18. The van der Waals surface area contributed by atoms with Gasteiger partial charge in [-0.1, -0.05) is 41.9 Å². The van der Waals surface area contributed by atoms with E-state index in [0.717, 1.165) is 29.8 Å². The van der Waals surface area contributed by atoms with E-state index in [1.807, 2.05) is 24.3 Å². The molecule has 9 heteroatoms. The normalized spacial score (nSPS) is 15.3. The average molecular weight is 509 g/mol. The molecule has 180 valence electrons. The molecule has 0 saturated carbocycles. The van der Waals surface area contributed by atoms with Gasteiger partial charge in [-0.2, -0.15) is 0 Å². The van der Waals surface area contributed by atoms with Crippen LogP contribution < -0.4 is 5.32 Å². The summed E-state index contributed by atoms with van der Waals surface area (Å²) in [5, 5.41) is 11.4. The van der Waals surface area contributed by atoms with E-state index in [1.54, 1.807) is 29.2 Å². The van der Waals surface area contributed by atoms with Crippen molar-refractivity contribution in [3.8, 4) is 0 Å². The highest BCUT2D eigenvalue weighted by atomic mass is 35.5. The summed E-state index contributed by atoms with van der Waals surface area (Å²) in [7, 11) is 0. The highest BCUT2D eigenvalue weighted by Crippen LogP contribution is 2.31. The van der Waals surface area contributed by atoms with Crippen LogP contribution >= 0.6 is 22.9 Å². The van der Waals surface area contributed by atoms with Crippen LogP contribution in [0.25, 0.3) is 0 Å². The molecule has 5 rings (SSSR count). The molecule has 0 aliphatic carbocycles. The molecule has 1 fully saturated rings. The molecule has 3 aromatic rings. The monoisotopic (exact) mass is 508 g/mol. The minimum atomic E-state index is -0.239. The number of morpholine rings is 1. The molecule has 2 N–H and O–H groups in total. The van der Waals surface area contributed by atoms with Crippen LogP contribution in [0.15, 0.2) is 54.6 Å². The van der Waals surface area contributed by atoms with Gasteiger partial charge >= 0.3 is 0 Å². The third-order valence-corrected chi connectivity index (χ3v) is 7.45. The topological polar surface area (TPSA) is 85.7 Å². The first-order chi connectivity index (χ1) is 17.0. The van der Waals surface area contributed by atoms with Crippen LogP contribution in [-0.4, -0.2) is 53.8 Å². The molecule has 2 amide bonds. The lowest BCUT2D eigenvalue weighted by molar-refractivity contribution is 0.0670. The van der Waals surface area contributed by atoms with E-state index in [0.29, 0.717) is 59.0 Å². The standard InChI is InChI=1S/C26H25ClN4O3S/c27-23-8-7-22(35-23)25(32)29-21-6-2-5-19-20(21)16-31(26(19)33)15-18-4-1-3-17(13-18)14-24(28)30-9-11-34-12-10-30/h1-8,13,28H,9-12,14-16H2,(H,29,32). The number of benzene rings is 2. The van der Waals surface area contributed by atoms with Crippen LogP contribution in [0.2, 0.25) is 4.34 Å². The Morgan fingerprint density at radius 2 is 1.86 bits per heavy atom. The fourth-order valence-corrected chi connectivity index (χ4v) is 5.39. The van der Waals surface area contributed by atoms with Crippen molar-refractivity contribution in [2.45, 2.75) is 19.5 Å². The number of ether oxygens (including phenoxy) is 1. The zero-order chi connectivity index (χ0) is 24.4. The van der Waals surface area contributed by atoms with Crippen molar-refractivity contribution in [2.24, 2.45) is 0 Å². The Bertz CT molecular complexity index is 1290. The van der Waals surface area contributed by atoms with Crippen molar-refractivity contribution in [3.05, 3.63) is 86.1 Å². The Kier molecular flexibility index (Phi) is 6.86. The largest absolute Gasteiger partial charge is 0.378 e. The molecule has 7 nitrogen and oxygen atoms in total. The minimum absolute atomic E-state index is 0.0540. The van der Waals surface area contributed by atoms with Crippen LogP contribution in [0.1, 0.15) is 36.7 Å². The number of nitrogens with zero attached hydrogens (tertiary/aromatic N) is 2. The maximum atomic E-state index is 13.1. The van der Waals surface area contributed by atoms with Crippen molar-refractivity contribution < 1.29 is 14.3 Å². The third kappa shape index (κ3) is 5.24. The summed E-state index contributed by atoms with van der Waals surface area (Å²) in [5.41, 5.74) is 4.12. The number of rotatable bonds is 6. The summed E-state index contributed by atoms with van der Waals surface area (Å²) < 4.78 is 5.93. The predicted octanol–water partition coefficient (Wildman–Crippen LogP) is 4.66. The second-order valence-corrected chi connectivity index (χ2v) is 10.3. The Labute approximate surface area is 212 Å². The first kappa shape index (κ1) is 23.5. The van der Waals surface area contributed by atoms with Gasteiger partial charge in [0.2, 0.25) is 0 Å². The zero-order valence-corrected chi connectivity index (χ0v) is 20.6. The van der Waals surface area contributed by atoms with E-state index in [2.05, 4.69) is 16.3 Å². The fraction of sp³-hybridized carbons (Fsp3) is 0.269. The molecule has 2 aliphatic rings. The number of amidine groups is 1. The van der Waals surface area contributed by atoms with Gasteiger partial charge in [-0.05, 0) is 35.4 Å². The number of halogens is 1. The molecule has 2 aromatic carbocycles. The van der Waals surface area contributed by atoms with Gasteiger partial charge in [0.25, 0.3) is 11.8 Å². The first-order valence-corrected chi connectivity index (χ1v) is 12.6. The lowest BCUT2D eigenvalue weighted by Gasteiger charge is -2.29. The number of hydrogen-bond acceptors (Lipinski definition) is 5. The van der Waals surface area contributed by atoms with Crippen LogP contribution in [0, 0.1) is 5.41 Å². The van der Waals surface area contributed by atoms with Gasteiger partial charge in [0.05, 0.1) is 22.4 Å². The van der Waals surface area contributed by atoms with E-state index >= 15 is 0 Å². The number of hydrogen-bond donors (Lipinski definition) is 2. The van der Waals surface area contributed by atoms with E-state index in [9.17, 15) is 9.59 Å². The summed E-state index contributed by atoms with van der Waals surface area (Å²) in [4.78, 5) is 30.1. The van der Waals surface area contributed by atoms with Gasteiger partial charge in [0.15, 0.2) is 0 Å². The molecule has 2 aliphatic heterocycles. The fourth-order valence-electron chi connectivity index (χ4n) is 4.45. The van der Waals surface area contributed by atoms with Gasteiger partial charge < -0.3 is 19.9 Å². The van der Waals surface area contributed by atoms with Crippen molar-refractivity contribution in [1.29, 1.82) is 5.41 Å². The lowest BCUT2D eigenvalue weighted by atomic mass is 10.1. The Balaban J connectivity index is 1.27. The molecule has 0 bridgehead atoms. The molecule has 35 heavy (non-hydrogen) atoms. The van der Waals surface area contributed by atoms with Crippen molar-refractivity contribution in [3.63, 3.8) is 0 Å². The Morgan fingerprint density at radius 3 is 2.63 bits per heavy atom. The number of carbonyl (C=O) groups is 2. The molecule has 1 aromatic heterocycles. The van der Waals surface area contributed by atoms with Crippen molar-refractivity contribution in [2.75, 3.05) is 31.6 Å². The maximum Gasteiger partial charge on any atom is 0.265 e. The molecule has 0 radical (unpaired) electrons. The Hall–Kier alpha value is -3.20. The van der Waals surface area contributed by atoms with E-state index in [-0.39, 0.29) is 11.8 Å². The van der Waals surface area contributed by atoms with E-state index < -0.39 is 0 Å². The third-order valence-electron chi connectivity index (χ3n) is 6.22. The van der Waals surface area contributed by atoms with Gasteiger partial charge in [0, 0.05) is 49.4 Å². The SMILES string of the molecule is N=C(Cc1cccc(CN2Cc3c(NC(=O)c4ccc(Cl)s4)cccc3C2=O)c1)N1CCOCC1. The summed E-state index contributed by atoms with van der Waals surface area (Å²) in [6.07, 6.45) is 0.547. The number of thiophene rings is 1. The highest BCUT2D eigenvalue weighted by Gasteiger charge is 2.30. The minimum Gasteiger partial charge on any atom is -0.378 e. The predicted molar refractivity (Wildman–Crippen MR) is 138 cm³/mol. The molecule has 0 spiro atoms. The molecule has 0 unspecified atom stereocenters. The quantitative estimate of drug-likeness (QED) is 0.374. The second-order valence-electron chi connectivity index (χ2n) is 8.59. The number of amides is 2. The summed E-state index contributed by atoms with van der Waals surface area (Å²) in [5.74, 6) is 0.292. The van der Waals surface area contributed by atoms with Gasteiger partial charge in [0.1, 0.15) is 5.84 Å². The van der Waals surface area contributed by atoms with Crippen molar-refractivity contribution >= 4 is 46.3 Å². The number of nitrogens with one attached hydrogen (secondary N) is 2. The molecule has 1 saturated heterocycles. The molecular weight excluding hydrogens is 484 g/mol. The summed E-state index contributed by atoms with van der Waals surface area (Å²) in [6.45, 7) is 3.69. The highest BCUT2D eigenvalue weighted by molar-refractivity contribution is 7.18. The molecule has 0 atom stereocenters. The second kappa shape index (κ2) is 10.2. The van der Waals surface area contributed by atoms with Crippen LogP contribution in [-0.2, 0) is 24.2 Å². The number of anilines is 1. The first-order valence-electron chi connectivity index (χ1n) is 11.4. The van der Waals surface area contributed by atoms with Crippen LogP contribution in [0.5, 0.6) is 0 Å². The number of carbonyl (C=O) groups excluding carboxylic acids is 2. The van der Waals surface area contributed by atoms with Crippen LogP contribution in [0.4, 0.5) is 5.69 Å².